The number of rotatable bonds is 2. The van der Waals surface area contributed by atoms with Crippen LogP contribution in [0.15, 0.2) is 18.3 Å². The third kappa shape index (κ3) is 1.92. The van der Waals surface area contributed by atoms with Crippen molar-refractivity contribution in [3.05, 3.63) is 35.4 Å². The second-order valence-corrected chi connectivity index (χ2v) is 3.88. The lowest BCUT2D eigenvalue weighted by Gasteiger charge is -2.03. The molecule has 0 fully saturated rings. The molecule has 2 rings (SSSR count). The number of thiocarbonyl (C=S) groups is 1. The summed E-state index contributed by atoms with van der Waals surface area (Å²) in [6.07, 6.45) is 1.62. The van der Waals surface area contributed by atoms with E-state index in [1.165, 1.54) is 0 Å². The second-order valence-electron chi connectivity index (χ2n) is 3.45. The van der Waals surface area contributed by atoms with Crippen LogP contribution in [0, 0.1) is 13.8 Å². The molecule has 0 saturated heterocycles. The highest BCUT2D eigenvalue weighted by atomic mass is 32.1. The number of aromatic nitrogens is 4. The second kappa shape index (κ2) is 3.97. The van der Waals surface area contributed by atoms with Gasteiger partial charge >= 0.3 is 0 Å². The van der Waals surface area contributed by atoms with Gasteiger partial charge in [0.2, 0.25) is 0 Å². The van der Waals surface area contributed by atoms with Crippen LogP contribution in [0.5, 0.6) is 0 Å². The van der Waals surface area contributed by atoms with Gasteiger partial charge in [0.1, 0.15) is 10.7 Å². The zero-order chi connectivity index (χ0) is 11.7. The summed E-state index contributed by atoms with van der Waals surface area (Å²) in [6, 6.07) is 3.63. The average molecular weight is 233 g/mol. The van der Waals surface area contributed by atoms with E-state index >= 15 is 0 Å². The first kappa shape index (κ1) is 10.7. The van der Waals surface area contributed by atoms with Crippen LogP contribution in [0.2, 0.25) is 0 Å². The van der Waals surface area contributed by atoms with E-state index in [-0.39, 0.29) is 4.99 Å². The lowest BCUT2D eigenvalue weighted by atomic mass is 10.4. The van der Waals surface area contributed by atoms with E-state index in [1.807, 2.05) is 19.9 Å². The molecule has 2 aromatic heterocycles. The topological polar surface area (TPSA) is 69.6 Å². The van der Waals surface area contributed by atoms with E-state index < -0.39 is 0 Å². The van der Waals surface area contributed by atoms with Gasteiger partial charge in [-0.2, -0.15) is 5.10 Å². The first-order chi connectivity index (χ1) is 7.58. The summed E-state index contributed by atoms with van der Waals surface area (Å²) in [4.78, 5) is 8.63. The number of nitrogens with two attached hydrogens (primary N) is 1. The first-order valence-electron chi connectivity index (χ1n) is 4.74. The van der Waals surface area contributed by atoms with Crippen molar-refractivity contribution in [2.45, 2.75) is 13.8 Å². The Bertz CT molecular complexity index is 546. The van der Waals surface area contributed by atoms with Gasteiger partial charge in [-0.05, 0) is 26.0 Å². The van der Waals surface area contributed by atoms with Crippen molar-refractivity contribution >= 4 is 17.2 Å². The molecule has 2 aromatic rings. The minimum Gasteiger partial charge on any atom is -0.388 e. The van der Waals surface area contributed by atoms with Crippen molar-refractivity contribution in [3.8, 4) is 5.95 Å². The summed E-state index contributed by atoms with van der Waals surface area (Å²) < 4.78 is 1.66. The van der Waals surface area contributed by atoms with Gasteiger partial charge in [0.05, 0.1) is 5.69 Å². The molecule has 0 aliphatic rings. The fourth-order valence-electron chi connectivity index (χ4n) is 1.42. The molecule has 0 bridgehead atoms. The van der Waals surface area contributed by atoms with Gasteiger partial charge in [0, 0.05) is 11.9 Å². The Kier molecular flexibility index (Phi) is 2.66. The number of hydrogen-bond acceptors (Lipinski definition) is 4. The Morgan fingerprint density at radius 1 is 1.44 bits per heavy atom. The number of aryl methyl sites for hydroxylation is 2. The van der Waals surface area contributed by atoms with Crippen LogP contribution in [-0.4, -0.2) is 24.7 Å². The lowest BCUT2D eigenvalue weighted by Crippen LogP contribution is -2.14. The van der Waals surface area contributed by atoms with E-state index in [9.17, 15) is 0 Å². The summed E-state index contributed by atoms with van der Waals surface area (Å²) in [6.45, 7) is 3.86. The van der Waals surface area contributed by atoms with Crippen molar-refractivity contribution in [1.29, 1.82) is 0 Å². The molecule has 82 valence electrons. The predicted octanol–water partition coefficient (Wildman–Crippen LogP) is 0.913. The van der Waals surface area contributed by atoms with Crippen molar-refractivity contribution in [1.82, 2.24) is 19.7 Å². The molecule has 0 aliphatic heterocycles. The zero-order valence-corrected chi connectivity index (χ0v) is 9.82. The van der Waals surface area contributed by atoms with Crippen LogP contribution in [0.4, 0.5) is 0 Å². The average Bonchev–Trinajstić information content (AvgIpc) is 2.58. The van der Waals surface area contributed by atoms with Crippen LogP contribution in [0.1, 0.15) is 17.1 Å². The fourth-order valence-corrected chi connectivity index (χ4v) is 1.53. The largest absolute Gasteiger partial charge is 0.388 e. The van der Waals surface area contributed by atoms with Crippen molar-refractivity contribution < 1.29 is 0 Å². The smallest absolute Gasteiger partial charge is 0.251 e. The normalized spacial score (nSPS) is 10.4. The molecule has 16 heavy (non-hydrogen) atoms. The Balaban J connectivity index is 2.52. The summed E-state index contributed by atoms with van der Waals surface area (Å²) in [7, 11) is 0. The minimum atomic E-state index is 0.255. The summed E-state index contributed by atoms with van der Waals surface area (Å²) in [5.41, 5.74) is 7.95. The highest BCUT2D eigenvalue weighted by Crippen LogP contribution is 2.07. The van der Waals surface area contributed by atoms with Gasteiger partial charge in [-0.3, -0.25) is 0 Å². The fraction of sp³-hybridized carbons (Fsp3) is 0.200. The van der Waals surface area contributed by atoms with Gasteiger partial charge in [-0.25, -0.2) is 14.6 Å². The van der Waals surface area contributed by atoms with E-state index in [0.29, 0.717) is 11.6 Å². The molecular formula is C10H11N5S. The Morgan fingerprint density at radius 3 is 2.75 bits per heavy atom. The lowest BCUT2D eigenvalue weighted by molar-refractivity contribution is 0.772. The molecule has 0 radical (unpaired) electrons. The predicted molar refractivity (Wildman–Crippen MR) is 64.5 cm³/mol. The third-order valence-corrected chi connectivity index (χ3v) is 2.30. The Morgan fingerprint density at radius 2 is 2.19 bits per heavy atom. The van der Waals surface area contributed by atoms with Gasteiger partial charge in [0.25, 0.3) is 5.95 Å². The molecule has 0 spiro atoms. The highest BCUT2D eigenvalue weighted by Gasteiger charge is 2.07. The van der Waals surface area contributed by atoms with Crippen LogP contribution < -0.4 is 5.73 Å². The Labute approximate surface area is 98.3 Å². The van der Waals surface area contributed by atoms with Crippen molar-refractivity contribution in [3.63, 3.8) is 0 Å². The first-order valence-corrected chi connectivity index (χ1v) is 5.15. The Hall–Kier alpha value is -1.82. The molecule has 0 aliphatic carbocycles. The van der Waals surface area contributed by atoms with Crippen molar-refractivity contribution in [2.24, 2.45) is 5.73 Å². The van der Waals surface area contributed by atoms with Crippen LogP contribution in [0.25, 0.3) is 5.95 Å². The molecule has 2 heterocycles. The van der Waals surface area contributed by atoms with Crippen LogP contribution >= 0.6 is 12.2 Å². The molecular weight excluding hydrogens is 222 g/mol. The van der Waals surface area contributed by atoms with Gasteiger partial charge < -0.3 is 5.73 Å². The summed E-state index contributed by atoms with van der Waals surface area (Å²) in [5.74, 6) is 0.482. The zero-order valence-electron chi connectivity index (χ0n) is 9.01. The molecule has 2 N–H and O–H groups in total. The molecule has 0 unspecified atom stereocenters. The van der Waals surface area contributed by atoms with Crippen LogP contribution in [0.3, 0.4) is 0 Å². The molecule has 0 saturated carbocycles. The highest BCUT2D eigenvalue weighted by molar-refractivity contribution is 7.80. The SMILES string of the molecule is Cc1cc(C)n(-c2nccc(C(N)=S)n2)n1. The quantitative estimate of drug-likeness (QED) is 0.781. The maximum atomic E-state index is 5.52. The van der Waals surface area contributed by atoms with Crippen molar-refractivity contribution in [2.75, 3.05) is 0 Å². The van der Waals surface area contributed by atoms with E-state index in [0.717, 1.165) is 11.4 Å². The van der Waals surface area contributed by atoms with Gasteiger partial charge in [0.15, 0.2) is 0 Å². The standard InChI is InChI=1S/C10H11N5S/c1-6-5-7(2)15(14-6)10-12-4-3-8(13-10)9(11)16/h3-5H,1-2H3,(H2,11,16). The van der Waals surface area contributed by atoms with E-state index in [2.05, 4.69) is 15.1 Å². The maximum Gasteiger partial charge on any atom is 0.251 e. The minimum absolute atomic E-state index is 0.255. The van der Waals surface area contributed by atoms with E-state index in [1.54, 1.807) is 16.9 Å². The number of hydrogen-bond donors (Lipinski definition) is 1. The summed E-state index contributed by atoms with van der Waals surface area (Å²) in [5, 5.41) is 4.29. The molecule has 0 amide bonds. The van der Waals surface area contributed by atoms with E-state index in [4.69, 9.17) is 18.0 Å². The number of nitrogens with zero attached hydrogens (tertiary/aromatic N) is 4. The molecule has 0 aromatic carbocycles. The molecule has 0 atom stereocenters. The van der Waals surface area contributed by atoms with Crippen LogP contribution in [-0.2, 0) is 0 Å². The van der Waals surface area contributed by atoms with Gasteiger partial charge in [-0.1, -0.05) is 12.2 Å². The monoisotopic (exact) mass is 233 g/mol. The summed E-state index contributed by atoms with van der Waals surface area (Å²) >= 11 is 4.87. The maximum absolute atomic E-state index is 5.52. The molecule has 5 nitrogen and oxygen atoms in total. The van der Waals surface area contributed by atoms with Gasteiger partial charge in [-0.15, -0.1) is 0 Å². The molecule has 6 heteroatoms. The third-order valence-electron chi connectivity index (χ3n) is 2.09.